The molecule has 0 spiro atoms. The number of benzene rings is 1. The Kier molecular flexibility index (Phi) is 4.28. The van der Waals surface area contributed by atoms with Crippen molar-refractivity contribution < 1.29 is 4.74 Å². The van der Waals surface area contributed by atoms with E-state index in [0.29, 0.717) is 5.41 Å². The van der Waals surface area contributed by atoms with Crippen molar-refractivity contribution in [3.8, 4) is 0 Å². The maximum Gasteiger partial charge on any atom is 0.0471 e. The van der Waals surface area contributed by atoms with Gasteiger partial charge < -0.3 is 4.74 Å². The van der Waals surface area contributed by atoms with Crippen LogP contribution in [0.15, 0.2) is 24.3 Å². The minimum atomic E-state index is 0.367. The zero-order valence-corrected chi connectivity index (χ0v) is 11.6. The topological polar surface area (TPSA) is 9.23 Å². The number of halogens is 2. The second-order valence-corrected chi connectivity index (χ2v) is 5.55. The van der Waals surface area contributed by atoms with Crippen molar-refractivity contribution in [3.05, 3.63) is 34.9 Å². The van der Waals surface area contributed by atoms with Gasteiger partial charge in [-0.05, 0) is 42.4 Å². The summed E-state index contributed by atoms with van der Waals surface area (Å²) in [6.07, 6.45) is 3.39. The monoisotopic (exact) mass is 302 g/mol. The summed E-state index contributed by atoms with van der Waals surface area (Å²) in [5, 5.41) is 1.86. The molecule has 0 atom stereocenters. The lowest BCUT2D eigenvalue weighted by Crippen LogP contribution is -2.33. The van der Waals surface area contributed by atoms with E-state index in [2.05, 4.69) is 28.1 Å². The highest BCUT2D eigenvalue weighted by atomic mass is 79.9. The molecule has 1 aromatic carbocycles. The second-order valence-electron chi connectivity index (χ2n) is 4.55. The first-order valence-corrected chi connectivity index (χ1v) is 7.12. The van der Waals surface area contributed by atoms with Crippen LogP contribution in [0.3, 0.4) is 0 Å². The molecule has 0 N–H and O–H groups in total. The zero-order valence-electron chi connectivity index (χ0n) is 9.22. The molecule has 1 aliphatic rings. The van der Waals surface area contributed by atoms with E-state index in [-0.39, 0.29) is 0 Å². The summed E-state index contributed by atoms with van der Waals surface area (Å²) in [5.74, 6) is 0. The molecule has 1 saturated heterocycles. The van der Waals surface area contributed by atoms with Crippen molar-refractivity contribution in [2.75, 3.05) is 18.5 Å². The maximum atomic E-state index is 5.89. The summed E-state index contributed by atoms with van der Waals surface area (Å²) in [5.41, 5.74) is 1.73. The fraction of sp³-hybridized carbons (Fsp3) is 0.538. The molecule has 1 aromatic rings. The minimum Gasteiger partial charge on any atom is -0.381 e. The molecule has 0 radical (unpaired) electrons. The summed E-state index contributed by atoms with van der Waals surface area (Å²) in [6, 6.07) is 8.20. The standard InChI is InChI=1S/C13H16BrClO/c14-10-13(5-7-16-8-6-13)9-11-1-3-12(15)4-2-11/h1-4H,5-10H2. The van der Waals surface area contributed by atoms with Crippen LogP contribution in [0.2, 0.25) is 5.02 Å². The lowest BCUT2D eigenvalue weighted by Gasteiger charge is -2.35. The molecule has 2 rings (SSSR count). The first-order valence-electron chi connectivity index (χ1n) is 5.62. The predicted octanol–water partition coefficient (Wildman–Crippen LogP) is 4.07. The molecule has 0 aromatic heterocycles. The summed E-state index contributed by atoms with van der Waals surface area (Å²) in [6.45, 7) is 1.78. The molecule has 3 heteroatoms. The molecule has 0 saturated carbocycles. The van der Waals surface area contributed by atoms with Gasteiger partial charge in [-0.15, -0.1) is 0 Å². The highest BCUT2D eigenvalue weighted by Crippen LogP contribution is 2.36. The van der Waals surface area contributed by atoms with E-state index in [0.717, 1.165) is 42.8 Å². The molecule has 0 aliphatic carbocycles. The van der Waals surface area contributed by atoms with Crippen molar-refractivity contribution >= 4 is 27.5 Å². The minimum absolute atomic E-state index is 0.367. The lowest BCUT2D eigenvalue weighted by molar-refractivity contribution is 0.0270. The highest BCUT2D eigenvalue weighted by molar-refractivity contribution is 9.09. The molecule has 0 unspecified atom stereocenters. The number of alkyl halides is 1. The fourth-order valence-electron chi connectivity index (χ4n) is 2.20. The van der Waals surface area contributed by atoms with Gasteiger partial charge in [0, 0.05) is 23.6 Å². The average Bonchev–Trinajstić information content (AvgIpc) is 2.33. The molecule has 16 heavy (non-hydrogen) atoms. The van der Waals surface area contributed by atoms with Crippen LogP contribution in [-0.2, 0) is 11.2 Å². The number of rotatable bonds is 3. The second kappa shape index (κ2) is 5.52. The van der Waals surface area contributed by atoms with Gasteiger partial charge in [-0.1, -0.05) is 39.7 Å². The van der Waals surface area contributed by atoms with Crippen LogP contribution >= 0.6 is 27.5 Å². The zero-order chi connectivity index (χ0) is 11.4. The highest BCUT2D eigenvalue weighted by Gasteiger charge is 2.31. The van der Waals surface area contributed by atoms with Crippen molar-refractivity contribution in [3.63, 3.8) is 0 Å². The Morgan fingerprint density at radius 3 is 2.38 bits per heavy atom. The van der Waals surface area contributed by atoms with Crippen molar-refractivity contribution in [1.82, 2.24) is 0 Å². The van der Waals surface area contributed by atoms with Gasteiger partial charge in [0.15, 0.2) is 0 Å². The van der Waals surface area contributed by atoms with E-state index in [1.165, 1.54) is 5.56 Å². The van der Waals surface area contributed by atoms with Crippen LogP contribution < -0.4 is 0 Å². The van der Waals surface area contributed by atoms with E-state index in [1.54, 1.807) is 0 Å². The number of ether oxygens (including phenoxy) is 1. The molecule has 0 bridgehead atoms. The summed E-state index contributed by atoms with van der Waals surface area (Å²) >= 11 is 9.55. The van der Waals surface area contributed by atoms with Crippen molar-refractivity contribution in [1.29, 1.82) is 0 Å². The quantitative estimate of drug-likeness (QED) is 0.765. The van der Waals surface area contributed by atoms with Gasteiger partial charge in [0.25, 0.3) is 0 Å². The molecule has 1 heterocycles. The van der Waals surface area contributed by atoms with Crippen LogP contribution in [0, 0.1) is 5.41 Å². The van der Waals surface area contributed by atoms with Crippen molar-refractivity contribution in [2.45, 2.75) is 19.3 Å². The van der Waals surface area contributed by atoms with E-state index < -0.39 is 0 Å². The summed E-state index contributed by atoms with van der Waals surface area (Å²) in [4.78, 5) is 0. The van der Waals surface area contributed by atoms with E-state index in [9.17, 15) is 0 Å². The third-order valence-corrected chi connectivity index (χ3v) is 4.77. The molecule has 1 fully saturated rings. The summed E-state index contributed by atoms with van der Waals surface area (Å²) < 4.78 is 5.44. The van der Waals surface area contributed by atoms with Gasteiger partial charge in [0.1, 0.15) is 0 Å². The van der Waals surface area contributed by atoms with Crippen LogP contribution in [-0.4, -0.2) is 18.5 Å². The first-order chi connectivity index (χ1) is 7.74. The van der Waals surface area contributed by atoms with Gasteiger partial charge in [0.2, 0.25) is 0 Å². The molecule has 0 amide bonds. The normalized spacial score (nSPS) is 19.6. The lowest BCUT2D eigenvalue weighted by atomic mass is 9.77. The molecular weight excluding hydrogens is 287 g/mol. The van der Waals surface area contributed by atoms with E-state index in [4.69, 9.17) is 16.3 Å². The Morgan fingerprint density at radius 2 is 1.81 bits per heavy atom. The van der Waals surface area contributed by atoms with Crippen LogP contribution in [0.5, 0.6) is 0 Å². The summed E-state index contributed by atoms with van der Waals surface area (Å²) in [7, 11) is 0. The molecule has 1 nitrogen and oxygen atoms in total. The van der Waals surface area contributed by atoms with Gasteiger partial charge in [-0.25, -0.2) is 0 Å². The smallest absolute Gasteiger partial charge is 0.0471 e. The third kappa shape index (κ3) is 2.99. The average molecular weight is 304 g/mol. The van der Waals surface area contributed by atoms with Gasteiger partial charge in [-0.2, -0.15) is 0 Å². The predicted molar refractivity (Wildman–Crippen MR) is 71.4 cm³/mol. The molecule has 88 valence electrons. The maximum absolute atomic E-state index is 5.89. The fourth-order valence-corrected chi connectivity index (χ4v) is 3.08. The SMILES string of the molecule is Clc1ccc(CC2(CBr)CCOCC2)cc1. The van der Waals surface area contributed by atoms with Crippen molar-refractivity contribution in [2.24, 2.45) is 5.41 Å². The van der Waals surface area contributed by atoms with Gasteiger partial charge >= 0.3 is 0 Å². The Bertz CT molecular complexity index is 330. The largest absolute Gasteiger partial charge is 0.381 e. The third-order valence-electron chi connectivity index (χ3n) is 3.33. The van der Waals surface area contributed by atoms with Gasteiger partial charge in [0.05, 0.1) is 0 Å². The van der Waals surface area contributed by atoms with Crippen LogP contribution in [0.4, 0.5) is 0 Å². The molecular formula is C13H16BrClO. The Balaban J connectivity index is 2.08. The number of hydrogen-bond donors (Lipinski definition) is 0. The Morgan fingerprint density at radius 1 is 1.19 bits per heavy atom. The Labute approximate surface area is 110 Å². The Hall–Kier alpha value is -0.0500. The first kappa shape index (κ1) is 12.4. The molecule has 1 aliphatic heterocycles. The number of hydrogen-bond acceptors (Lipinski definition) is 1. The van der Waals surface area contributed by atoms with Crippen LogP contribution in [0.25, 0.3) is 0 Å². The van der Waals surface area contributed by atoms with E-state index >= 15 is 0 Å². The van der Waals surface area contributed by atoms with Crippen LogP contribution in [0.1, 0.15) is 18.4 Å². The van der Waals surface area contributed by atoms with E-state index in [1.807, 2.05) is 12.1 Å². The van der Waals surface area contributed by atoms with Gasteiger partial charge in [-0.3, -0.25) is 0 Å².